The van der Waals surface area contributed by atoms with Gasteiger partial charge in [0, 0.05) is 36.1 Å². The molecule has 0 radical (unpaired) electrons. The summed E-state index contributed by atoms with van der Waals surface area (Å²) < 4.78 is 13.1. The minimum Gasteiger partial charge on any atom is -0.366 e. The maximum atomic E-state index is 13.1. The first-order chi connectivity index (χ1) is 13.1. The number of aromatic amines is 2. The van der Waals surface area contributed by atoms with E-state index in [2.05, 4.69) is 15.3 Å². The van der Waals surface area contributed by atoms with Gasteiger partial charge in [-0.05, 0) is 34.7 Å². The molecule has 5 nitrogen and oxygen atoms in total. The van der Waals surface area contributed by atoms with Crippen molar-refractivity contribution in [2.45, 2.75) is 6.54 Å². The zero-order valence-electron chi connectivity index (χ0n) is 14.3. The van der Waals surface area contributed by atoms with E-state index < -0.39 is 0 Å². The van der Waals surface area contributed by atoms with Crippen molar-refractivity contribution in [2.75, 3.05) is 0 Å². The van der Waals surface area contributed by atoms with E-state index in [4.69, 9.17) is 0 Å². The number of pyridine rings is 1. The van der Waals surface area contributed by atoms with Crippen LogP contribution >= 0.6 is 0 Å². The number of aromatic nitrogens is 2. The SMILES string of the molecule is O=C(NCc1c[nH]c(=O)c2ccccc12)c1c[nH]cc1-c1ccc(F)cc1. The van der Waals surface area contributed by atoms with Crippen molar-refractivity contribution in [3.05, 3.63) is 94.4 Å². The van der Waals surface area contributed by atoms with Crippen molar-refractivity contribution in [2.24, 2.45) is 0 Å². The summed E-state index contributed by atoms with van der Waals surface area (Å²) in [5.74, 6) is -0.587. The maximum Gasteiger partial charge on any atom is 0.255 e. The molecule has 0 saturated carbocycles. The summed E-state index contributed by atoms with van der Waals surface area (Å²) in [6.07, 6.45) is 4.93. The predicted molar refractivity (Wildman–Crippen MR) is 102 cm³/mol. The monoisotopic (exact) mass is 361 g/mol. The highest BCUT2D eigenvalue weighted by Gasteiger charge is 2.14. The van der Waals surface area contributed by atoms with E-state index in [0.29, 0.717) is 16.5 Å². The van der Waals surface area contributed by atoms with Crippen LogP contribution in [-0.4, -0.2) is 15.9 Å². The van der Waals surface area contributed by atoms with Crippen LogP contribution in [0.15, 0.2) is 71.9 Å². The second-order valence-corrected chi connectivity index (χ2v) is 6.16. The number of nitrogens with one attached hydrogen (secondary N) is 3. The Morgan fingerprint density at radius 1 is 0.963 bits per heavy atom. The van der Waals surface area contributed by atoms with E-state index in [9.17, 15) is 14.0 Å². The molecule has 4 aromatic rings. The summed E-state index contributed by atoms with van der Waals surface area (Å²) >= 11 is 0. The lowest BCUT2D eigenvalue weighted by atomic mass is 10.0. The molecular weight excluding hydrogens is 345 g/mol. The Morgan fingerprint density at radius 3 is 2.48 bits per heavy atom. The zero-order chi connectivity index (χ0) is 18.8. The third-order valence-electron chi connectivity index (χ3n) is 4.48. The highest BCUT2D eigenvalue weighted by Crippen LogP contribution is 2.24. The molecule has 0 spiro atoms. The van der Waals surface area contributed by atoms with Crippen LogP contribution in [0.5, 0.6) is 0 Å². The van der Waals surface area contributed by atoms with Gasteiger partial charge >= 0.3 is 0 Å². The number of fused-ring (bicyclic) bond motifs is 1. The summed E-state index contributed by atoms with van der Waals surface area (Å²) in [4.78, 5) is 30.2. The van der Waals surface area contributed by atoms with Crippen molar-refractivity contribution < 1.29 is 9.18 Å². The van der Waals surface area contributed by atoms with E-state index >= 15 is 0 Å². The Bertz CT molecular complexity index is 1180. The van der Waals surface area contributed by atoms with Crippen molar-refractivity contribution >= 4 is 16.7 Å². The Balaban J connectivity index is 1.58. The van der Waals surface area contributed by atoms with Crippen LogP contribution in [0, 0.1) is 5.82 Å². The molecule has 1 amide bonds. The third kappa shape index (κ3) is 3.25. The normalized spacial score (nSPS) is 10.9. The first-order valence-electron chi connectivity index (χ1n) is 8.44. The van der Waals surface area contributed by atoms with E-state index in [1.807, 2.05) is 12.1 Å². The Hall–Kier alpha value is -3.67. The van der Waals surface area contributed by atoms with Gasteiger partial charge in [-0.25, -0.2) is 4.39 Å². The summed E-state index contributed by atoms with van der Waals surface area (Å²) in [7, 11) is 0. The summed E-state index contributed by atoms with van der Waals surface area (Å²) in [6.45, 7) is 0.268. The molecule has 0 unspecified atom stereocenters. The molecule has 0 aliphatic carbocycles. The van der Waals surface area contributed by atoms with E-state index in [0.717, 1.165) is 16.5 Å². The minimum absolute atomic E-state index is 0.162. The van der Waals surface area contributed by atoms with Gasteiger partial charge in [0.25, 0.3) is 11.5 Å². The molecule has 0 fully saturated rings. The number of carbonyl (C=O) groups excluding carboxylic acids is 1. The highest BCUT2D eigenvalue weighted by atomic mass is 19.1. The third-order valence-corrected chi connectivity index (χ3v) is 4.48. The number of amides is 1. The first kappa shape index (κ1) is 16.8. The lowest BCUT2D eigenvalue weighted by molar-refractivity contribution is 0.0952. The molecule has 0 atom stereocenters. The average Bonchev–Trinajstić information content (AvgIpc) is 3.18. The van der Waals surface area contributed by atoms with E-state index in [1.54, 1.807) is 42.9 Å². The van der Waals surface area contributed by atoms with Crippen LogP contribution in [0.2, 0.25) is 0 Å². The molecule has 2 aromatic heterocycles. The van der Waals surface area contributed by atoms with Crippen LogP contribution in [0.4, 0.5) is 4.39 Å². The highest BCUT2D eigenvalue weighted by molar-refractivity contribution is 6.01. The van der Waals surface area contributed by atoms with Crippen LogP contribution in [-0.2, 0) is 6.54 Å². The summed E-state index contributed by atoms with van der Waals surface area (Å²) in [5, 5.41) is 4.26. The molecule has 2 heterocycles. The molecule has 4 rings (SSSR count). The largest absolute Gasteiger partial charge is 0.366 e. The number of hydrogen-bond donors (Lipinski definition) is 3. The first-order valence-corrected chi connectivity index (χ1v) is 8.44. The number of H-pyrrole nitrogens is 2. The molecule has 0 bridgehead atoms. The fraction of sp³-hybridized carbons (Fsp3) is 0.0476. The second kappa shape index (κ2) is 6.92. The fourth-order valence-corrected chi connectivity index (χ4v) is 3.11. The number of hydrogen-bond acceptors (Lipinski definition) is 2. The van der Waals surface area contributed by atoms with Gasteiger partial charge in [0.2, 0.25) is 0 Å². The standard InChI is InChI=1S/C21H16FN3O2/c22-15-7-5-13(6-8-15)18-11-23-12-19(18)21(27)25-10-14-9-24-20(26)17-4-2-1-3-16(14)17/h1-9,11-12,23H,10H2,(H,24,26)(H,25,27). The van der Waals surface area contributed by atoms with Crippen molar-refractivity contribution in [3.63, 3.8) is 0 Å². The van der Waals surface area contributed by atoms with Crippen molar-refractivity contribution in [1.82, 2.24) is 15.3 Å². The topological polar surface area (TPSA) is 77.8 Å². The van der Waals surface area contributed by atoms with E-state index in [1.165, 1.54) is 12.1 Å². The number of rotatable bonds is 4. The zero-order valence-corrected chi connectivity index (χ0v) is 14.3. The molecule has 0 saturated heterocycles. The lowest BCUT2D eigenvalue weighted by Crippen LogP contribution is -2.23. The quantitative estimate of drug-likeness (QED) is 0.519. The van der Waals surface area contributed by atoms with Gasteiger partial charge in [0.15, 0.2) is 0 Å². The van der Waals surface area contributed by atoms with Crippen molar-refractivity contribution in [3.8, 4) is 11.1 Å². The van der Waals surface area contributed by atoms with Crippen LogP contribution in [0.25, 0.3) is 21.9 Å². The Morgan fingerprint density at radius 2 is 1.70 bits per heavy atom. The van der Waals surface area contributed by atoms with Gasteiger partial charge < -0.3 is 15.3 Å². The molecule has 0 aliphatic rings. The van der Waals surface area contributed by atoms with Gasteiger partial charge in [-0.3, -0.25) is 9.59 Å². The summed E-state index contributed by atoms with van der Waals surface area (Å²) in [5.41, 5.74) is 2.56. The number of halogens is 1. The van der Waals surface area contributed by atoms with E-state index in [-0.39, 0.29) is 23.8 Å². The van der Waals surface area contributed by atoms with Gasteiger partial charge in [-0.2, -0.15) is 0 Å². The van der Waals surface area contributed by atoms with Gasteiger partial charge in [0.1, 0.15) is 5.82 Å². The summed E-state index contributed by atoms with van der Waals surface area (Å²) in [6, 6.07) is 13.2. The number of benzene rings is 2. The van der Waals surface area contributed by atoms with Gasteiger partial charge in [-0.15, -0.1) is 0 Å². The van der Waals surface area contributed by atoms with Gasteiger partial charge in [-0.1, -0.05) is 30.3 Å². The molecule has 134 valence electrons. The smallest absolute Gasteiger partial charge is 0.255 e. The van der Waals surface area contributed by atoms with Crippen LogP contribution in [0.3, 0.4) is 0 Å². The predicted octanol–water partition coefficient (Wildman–Crippen LogP) is 3.59. The minimum atomic E-state index is -0.328. The molecular formula is C21H16FN3O2. The molecule has 2 aromatic carbocycles. The lowest BCUT2D eigenvalue weighted by Gasteiger charge is -2.09. The maximum absolute atomic E-state index is 13.1. The second-order valence-electron chi connectivity index (χ2n) is 6.16. The van der Waals surface area contributed by atoms with Gasteiger partial charge in [0.05, 0.1) is 5.56 Å². The fourth-order valence-electron chi connectivity index (χ4n) is 3.11. The molecule has 0 aliphatic heterocycles. The average molecular weight is 361 g/mol. The van der Waals surface area contributed by atoms with Crippen LogP contribution in [0.1, 0.15) is 15.9 Å². The number of carbonyl (C=O) groups is 1. The molecule has 3 N–H and O–H groups in total. The molecule has 6 heteroatoms. The molecule has 27 heavy (non-hydrogen) atoms. The Labute approximate surface area is 153 Å². The van der Waals surface area contributed by atoms with Crippen LogP contribution < -0.4 is 10.9 Å². The van der Waals surface area contributed by atoms with Crippen molar-refractivity contribution in [1.29, 1.82) is 0 Å². The Kier molecular flexibility index (Phi) is 4.30.